The number of hydrogen-bond acceptors (Lipinski definition) is 5. The Morgan fingerprint density at radius 3 is 2.50 bits per heavy atom. The molecule has 0 bridgehead atoms. The Morgan fingerprint density at radius 2 is 1.79 bits per heavy atom. The van der Waals surface area contributed by atoms with Crippen molar-refractivity contribution in [1.29, 1.82) is 0 Å². The van der Waals surface area contributed by atoms with Crippen LogP contribution in [-0.2, 0) is 16.6 Å². The molecule has 1 heterocycles. The Balaban J connectivity index is 1.60. The molecule has 0 aliphatic rings. The van der Waals surface area contributed by atoms with Crippen molar-refractivity contribution in [3.8, 4) is 5.75 Å². The van der Waals surface area contributed by atoms with Gasteiger partial charge in [-0.25, -0.2) is 8.42 Å². The zero-order valence-corrected chi connectivity index (χ0v) is 16.2. The average Bonchev–Trinajstić information content (AvgIpc) is 3.14. The molecule has 0 aliphatic carbocycles. The second-order valence-electron chi connectivity index (χ2n) is 6.20. The van der Waals surface area contributed by atoms with Crippen molar-refractivity contribution in [2.45, 2.75) is 25.3 Å². The number of benzene rings is 2. The number of aryl methyl sites for hydroxylation is 2. The van der Waals surface area contributed by atoms with Crippen LogP contribution in [0.3, 0.4) is 0 Å². The lowest BCUT2D eigenvalue weighted by atomic mass is 10.2. The fraction of sp³-hybridized carbons (Fsp3) is 0.150. The Labute approximate surface area is 163 Å². The minimum absolute atomic E-state index is 0.0324. The number of amides is 1. The van der Waals surface area contributed by atoms with Gasteiger partial charge in [0.05, 0.1) is 4.90 Å². The van der Waals surface area contributed by atoms with Gasteiger partial charge in [0.2, 0.25) is 0 Å². The number of nitrogens with one attached hydrogen (secondary N) is 2. The fourth-order valence-electron chi connectivity index (χ4n) is 2.58. The van der Waals surface area contributed by atoms with Crippen LogP contribution >= 0.6 is 0 Å². The van der Waals surface area contributed by atoms with Gasteiger partial charge in [-0.05, 0) is 49.7 Å². The molecule has 0 spiro atoms. The molecule has 0 unspecified atom stereocenters. The number of sulfonamides is 1. The number of carbonyl (C=O) groups excluding carboxylic acids is 1. The zero-order chi connectivity index (χ0) is 20.1. The molecular formula is C20H20N2O5S. The predicted molar refractivity (Wildman–Crippen MR) is 103 cm³/mol. The molecule has 0 aliphatic heterocycles. The molecule has 3 aromatic rings. The van der Waals surface area contributed by atoms with E-state index in [-0.39, 0.29) is 17.3 Å². The van der Waals surface area contributed by atoms with Gasteiger partial charge in [-0.15, -0.1) is 4.83 Å². The molecular weight excluding hydrogens is 380 g/mol. The van der Waals surface area contributed by atoms with Gasteiger partial charge in [-0.3, -0.25) is 10.2 Å². The van der Waals surface area contributed by atoms with Crippen molar-refractivity contribution < 1.29 is 22.4 Å². The van der Waals surface area contributed by atoms with Crippen molar-refractivity contribution in [1.82, 2.24) is 10.3 Å². The molecule has 0 saturated carbocycles. The molecule has 8 heteroatoms. The van der Waals surface area contributed by atoms with Crippen LogP contribution in [0.4, 0.5) is 0 Å². The quantitative estimate of drug-likeness (QED) is 0.594. The van der Waals surface area contributed by atoms with Gasteiger partial charge in [-0.2, -0.15) is 0 Å². The number of furan rings is 1. The van der Waals surface area contributed by atoms with E-state index in [1.54, 1.807) is 37.3 Å². The molecule has 1 aromatic heterocycles. The first kappa shape index (κ1) is 19.7. The third-order valence-corrected chi connectivity index (χ3v) is 5.34. The molecule has 3 rings (SSSR count). The number of ether oxygens (including phenoxy) is 1. The van der Waals surface area contributed by atoms with E-state index in [1.165, 1.54) is 12.1 Å². The summed E-state index contributed by atoms with van der Waals surface area (Å²) < 4.78 is 35.7. The lowest BCUT2D eigenvalue weighted by molar-refractivity contribution is 0.0913. The number of carbonyl (C=O) groups is 1. The lowest BCUT2D eigenvalue weighted by Gasteiger charge is -2.10. The molecule has 0 radical (unpaired) electrons. The Morgan fingerprint density at radius 1 is 1.04 bits per heavy atom. The lowest BCUT2D eigenvalue weighted by Crippen LogP contribution is -2.41. The summed E-state index contributed by atoms with van der Waals surface area (Å²) in [4.78, 5) is 14.4. The van der Waals surface area contributed by atoms with E-state index >= 15 is 0 Å². The number of hydrazine groups is 1. The van der Waals surface area contributed by atoms with E-state index in [0.717, 1.165) is 5.56 Å². The number of hydrogen-bond donors (Lipinski definition) is 2. The highest BCUT2D eigenvalue weighted by Crippen LogP contribution is 2.16. The van der Waals surface area contributed by atoms with E-state index in [9.17, 15) is 13.2 Å². The molecule has 28 heavy (non-hydrogen) atoms. The van der Waals surface area contributed by atoms with Crippen LogP contribution in [0.5, 0.6) is 5.75 Å². The molecule has 1 amide bonds. The Bertz CT molecular complexity index is 1070. The average molecular weight is 400 g/mol. The van der Waals surface area contributed by atoms with Crippen LogP contribution < -0.4 is 15.0 Å². The van der Waals surface area contributed by atoms with Crippen LogP contribution in [0.25, 0.3) is 0 Å². The molecule has 2 N–H and O–H groups in total. The Kier molecular flexibility index (Phi) is 5.81. The summed E-state index contributed by atoms with van der Waals surface area (Å²) in [7, 11) is -3.90. The molecule has 0 atom stereocenters. The maximum Gasteiger partial charge on any atom is 0.301 e. The fourth-order valence-corrected chi connectivity index (χ4v) is 3.65. The first-order valence-electron chi connectivity index (χ1n) is 8.51. The smallest absolute Gasteiger partial charge is 0.301 e. The molecule has 7 nitrogen and oxygen atoms in total. The van der Waals surface area contributed by atoms with Crippen molar-refractivity contribution in [2.75, 3.05) is 0 Å². The minimum Gasteiger partial charge on any atom is -0.486 e. The maximum absolute atomic E-state index is 12.4. The van der Waals surface area contributed by atoms with Gasteiger partial charge in [0.1, 0.15) is 18.1 Å². The number of para-hydroxylation sites is 1. The summed E-state index contributed by atoms with van der Waals surface area (Å²) in [5, 5.41) is 0. The molecule has 2 aromatic carbocycles. The second kappa shape index (κ2) is 8.28. The standard InChI is InChI=1S/C20H20N2O5S/c1-14-8-11-19(15(2)12-14)28(24,25)22-21-20(23)18-10-9-17(27-18)13-26-16-6-4-3-5-7-16/h3-12,22H,13H2,1-2H3,(H,21,23). The van der Waals surface area contributed by atoms with Crippen molar-refractivity contribution in [3.05, 3.63) is 83.3 Å². The van der Waals surface area contributed by atoms with Crippen LogP contribution in [-0.4, -0.2) is 14.3 Å². The molecule has 0 saturated heterocycles. The summed E-state index contributed by atoms with van der Waals surface area (Å²) in [5.41, 5.74) is 3.68. The van der Waals surface area contributed by atoms with Gasteiger partial charge >= 0.3 is 5.91 Å². The first-order valence-corrected chi connectivity index (χ1v) is 9.99. The largest absolute Gasteiger partial charge is 0.486 e. The van der Waals surface area contributed by atoms with Crippen molar-refractivity contribution in [2.24, 2.45) is 0 Å². The van der Waals surface area contributed by atoms with E-state index in [4.69, 9.17) is 9.15 Å². The molecule has 146 valence electrons. The highest BCUT2D eigenvalue weighted by molar-refractivity contribution is 7.89. The third kappa shape index (κ3) is 4.79. The summed E-state index contributed by atoms with van der Waals surface area (Å²) in [6, 6.07) is 17.2. The second-order valence-corrected chi connectivity index (χ2v) is 7.85. The highest BCUT2D eigenvalue weighted by atomic mass is 32.2. The predicted octanol–water partition coefficient (Wildman–Crippen LogP) is 3.10. The van der Waals surface area contributed by atoms with E-state index in [2.05, 4.69) is 10.3 Å². The van der Waals surface area contributed by atoms with Crippen LogP contribution in [0.15, 0.2) is 70.0 Å². The summed E-state index contributed by atoms with van der Waals surface area (Å²) in [6.45, 7) is 3.70. The van der Waals surface area contributed by atoms with Gasteiger partial charge in [0, 0.05) is 0 Å². The van der Waals surface area contributed by atoms with Crippen LogP contribution in [0, 0.1) is 13.8 Å². The van der Waals surface area contributed by atoms with Crippen LogP contribution in [0.2, 0.25) is 0 Å². The topological polar surface area (TPSA) is 97.6 Å². The SMILES string of the molecule is Cc1ccc(S(=O)(=O)NNC(=O)c2ccc(COc3ccccc3)o2)c(C)c1. The van der Waals surface area contributed by atoms with E-state index in [0.29, 0.717) is 17.1 Å². The Hall–Kier alpha value is -3.10. The van der Waals surface area contributed by atoms with Gasteiger partial charge in [-0.1, -0.05) is 35.9 Å². The number of rotatable bonds is 7. The minimum atomic E-state index is -3.90. The normalized spacial score (nSPS) is 11.2. The van der Waals surface area contributed by atoms with Gasteiger partial charge in [0.25, 0.3) is 10.0 Å². The van der Waals surface area contributed by atoms with Crippen LogP contribution in [0.1, 0.15) is 27.4 Å². The van der Waals surface area contributed by atoms with Gasteiger partial charge < -0.3 is 9.15 Å². The first-order chi connectivity index (χ1) is 13.3. The van der Waals surface area contributed by atoms with Gasteiger partial charge in [0.15, 0.2) is 5.76 Å². The molecule has 0 fully saturated rings. The summed E-state index contributed by atoms with van der Waals surface area (Å²) in [5.74, 6) is 0.367. The maximum atomic E-state index is 12.4. The monoisotopic (exact) mass is 400 g/mol. The summed E-state index contributed by atoms with van der Waals surface area (Å²) >= 11 is 0. The highest BCUT2D eigenvalue weighted by Gasteiger charge is 2.19. The van der Waals surface area contributed by atoms with Crippen molar-refractivity contribution >= 4 is 15.9 Å². The summed E-state index contributed by atoms with van der Waals surface area (Å²) in [6.07, 6.45) is 0. The van der Waals surface area contributed by atoms with Crippen molar-refractivity contribution in [3.63, 3.8) is 0 Å². The third-order valence-electron chi connectivity index (χ3n) is 3.93. The van der Waals surface area contributed by atoms with E-state index in [1.807, 2.05) is 25.1 Å². The zero-order valence-electron chi connectivity index (χ0n) is 15.4. The van der Waals surface area contributed by atoms with E-state index < -0.39 is 15.9 Å².